The van der Waals surface area contributed by atoms with Gasteiger partial charge in [-0.3, -0.25) is 5.10 Å². The van der Waals surface area contributed by atoms with Crippen molar-refractivity contribution in [3.05, 3.63) is 17.5 Å². The van der Waals surface area contributed by atoms with Crippen molar-refractivity contribution in [3.8, 4) is 0 Å². The van der Waals surface area contributed by atoms with E-state index in [1.165, 1.54) is 11.3 Å². The second kappa shape index (κ2) is 2.09. The lowest BCUT2D eigenvalue weighted by molar-refractivity contribution is 0.158. The van der Waals surface area contributed by atoms with Crippen LogP contribution in [0, 0.1) is 0 Å². The zero-order chi connectivity index (χ0) is 6.97. The van der Waals surface area contributed by atoms with Crippen molar-refractivity contribution < 1.29 is 5.11 Å². The van der Waals surface area contributed by atoms with Crippen LogP contribution in [0.3, 0.4) is 0 Å². The highest BCUT2D eigenvalue weighted by Crippen LogP contribution is 2.17. The van der Waals surface area contributed by atoms with Crippen molar-refractivity contribution in [2.24, 2.45) is 0 Å². The van der Waals surface area contributed by atoms with Crippen LogP contribution in [0.5, 0.6) is 0 Å². The van der Waals surface area contributed by atoms with Crippen LogP contribution >= 0.6 is 0 Å². The van der Waals surface area contributed by atoms with Crippen molar-refractivity contribution in [1.82, 2.24) is 10.2 Å². The number of aryl methyl sites for hydroxylation is 1. The van der Waals surface area contributed by atoms with Crippen molar-refractivity contribution in [2.75, 3.05) is 0 Å². The Morgan fingerprint density at radius 1 is 1.70 bits per heavy atom. The standard InChI is InChI=1S/C7H10N2O/c10-6-1-2-7-5(3-6)4-8-9-7/h4,6,10H,1-3H2,(H,8,9)/t6-/m1/s1. The highest BCUT2D eigenvalue weighted by molar-refractivity contribution is 5.20. The molecule has 0 spiro atoms. The molecule has 0 saturated carbocycles. The van der Waals surface area contributed by atoms with Crippen LogP contribution in [-0.2, 0) is 12.8 Å². The van der Waals surface area contributed by atoms with E-state index < -0.39 is 0 Å². The number of hydrogen-bond acceptors (Lipinski definition) is 2. The van der Waals surface area contributed by atoms with Crippen molar-refractivity contribution in [1.29, 1.82) is 0 Å². The molecule has 0 unspecified atom stereocenters. The molecule has 10 heavy (non-hydrogen) atoms. The lowest BCUT2D eigenvalue weighted by atomic mass is 9.96. The number of H-pyrrole nitrogens is 1. The fourth-order valence-electron chi connectivity index (χ4n) is 1.40. The largest absolute Gasteiger partial charge is 0.393 e. The van der Waals surface area contributed by atoms with Crippen LogP contribution in [0.1, 0.15) is 17.7 Å². The van der Waals surface area contributed by atoms with Gasteiger partial charge in [0.05, 0.1) is 12.3 Å². The van der Waals surface area contributed by atoms with E-state index in [0.717, 1.165) is 19.3 Å². The van der Waals surface area contributed by atoms with E-state index >= 15 is 0 Å². The number of aliphatic hydroxyl groups is 1. The highest BCUT2D eigenvalue weighted by atomic mass is 16.3. The fourth-order valence-corrected chi connectivity index (χ4v) is 1.40. The first-order valence-electron chi connectivity index (χ1n) is 3.55. The molecule has 0 amide bonds. The summed E-state index contributed by atoms with van der Waals surface area (Å²) >= 11 is 0. The summed E-state index contributed by atoms with van der Waals surface area (Å²) in [6.07, 6.45) is 4.24. The van der Waals surface area contributed by atoms with Crippen LogP contribution in [0.25, 0.3) is 0 Å². The summed E-state index contributed by atoms with van der Waals surface area (Å²) in [6.45, 7) is 0. The van der Waals surface area contributed by atoms with Gasteiger partial charge in [-0.15, -0.1) is 0 Å². The first kappa shape index (κ1) is 5.92. The number of aromatic amines is 1. The smallest absolute Gasteiger partial charge is 0.0585 e. The first-order chi connectivity index (χ1) is 4.86. The van der Waals surface area contributed by atoms with Crippen LogP contribution in [0.4, 0.5) is 0 Å². The molecule has 1 aliphatic rings. The SMILES string of the molecule is O[C@@H]1CCc2[nH]ncc2C1. The van der Waals surface area contributed by atoms with E-state index in [-0.39, 0.29) is 6.10 Å². The van der Waals surface area contributed by atoms with Gasteiger partial charge >= 0.3 is 0 Å². The summed E-state index contributed by atoms with van der Waals surface area (Å²) < 4.78 is 0. The van der Waals surface area contributed by atoms with Gasteiger partial charge < -0.3 is 5.11 Å². The molecule has 54 valence electrons. The van der Waals surface area contributed by atoms with Crippen LogP contribution in [0.15, 0.2) is 6.20 Å². The molecule has 1 aromatic rings. The van der Waals surface area contributed by atoms with Gasteiger partial charge in [-0.05, 0) is 18.4 Å². The molecule has 1 heterocycles. The summed E-state index contributed by atoms with van der Waals surface area (Å²) in [5.74, 6) is 0. The summed E-state index contributed by atoms with van der Waals surface area (Å²) in [4.78, 5) is 0. The summed E-state index contributed by atoms with van der Waals surface area (Å²) in [6, 6.07) is 0. The fraction of sp³-hybridized carbons (Fsp3) is 0.571. The Hall–Kier alpha value is -0.830. The zero-order valence-corrected chi connectivity index (χ0v) is 5.67. The highest BCUT2D eigenvalue weighted by Gasteiger charge is 2.16. The Morgan fingerprint density at radius 3 is 3.50 bits per heavy atom. The Balaban J connectivity index is 2.30. The quantitative estimate of drug-likeness (QED) is 0.540. The Morgan fingerprint density at radius 2 is 2.60 bits per heavy atom. The van der Waals surface area contributed by atoms with E-state index in [1.807, 2.05) is 0 Å². The van der Waals surface area contributed by atoms with Crippen molar-refractivity contribution in [3.63, 3.8) is 0 Å². The second-order valence-electron chi connectivity index (χ2n) is 2.77. The lowest BCUT2D eigenvalue weighted by Crippen LogP contribution is -2.17. The Labute approximate surface area is 59.1 Å². The number of fused-ring (bicyclic) bond motifs is 1. The lowest BCUT2D eigenvalue weighted by Gasteiger charge is -2.15. The number of nitrogens with one attached hydrogen (secondary N) is 1. The molecule has 2 rings (SSSR count). The Kier molecular flexibility index (Phi) is 1.24. The molecule has 1 aromatic heterocycles. The van der Waals surface area contributed by atoms with Crippen LogP contribution < -0.4 is 0 Å². The number of nitrogens with zero attached hydrogens (tertiary/aromatic N) is 1. The van der Waals surface area contributed by atoms with Gasteiger partial charge in [-0.1, -0.05) is 0 Å². The molecule has 3 nitrogen and oxygen atoms in total. The first-order valence-corrected chi connectivity index (χ1v) is 3.55. The van der Waals surface area contributed by atoms with E-state index in [4.69, 9.17) is 0 Å². The maximum Gasteiger partial charge on any atom is 0.0585 e. The van der Waals surface area contributed by atoms with Gasteiger partial charge in [0.25, 0.3) is 0 Å². The summed E-state index contributed by atoms with van der Waals surface area (Å²) in [5.41, 5.74) is 2.38. The molecular formula is C7H10N2O. The van der Waals surface area contributed by atoms with Gasteiger partial charge in [0, 0.05) is 12.1 Å². The predicted octanol–water partition coefficient (Wildman–Crippen LogP) is 0.259. The van der Waals surface area contributed by atoms with E-state index in [9.17, 15) is 5.11 Å². The predicted molar refractivity (Wildman–Crippen MR) is 36.6 cm³/mol. The van der Waals surface area contributed by atoms with Gasteiger partial charge in [-0.2, -0.15) is 5.10 Å². The van der Waals surface area contributed by atoms with Crippen LogP contribution in [0.2, 0.25) is 0 Å². The molecule has 1 aliphatic carbocycles. The average molecular weight is 138 g/mol. The third-order valence-corrected chi connectivity index (χ3v) is 1.99. The van der Waals surface area contributed by atoms with E-state index in [1.54, 1.807) is 6.20 Å². The monoisotopic (exact) mass is 138 g/mol. The molecule has 0 bridgehead atoms. The molecule has 3 heteroatoms. The molecule has 0 fully saturated rings. The third kappa shape index (κ3) is 0.827. The van der Waals surface area contributed by atoms with Gasteiger partial charge in [-0.25, -0.2) is 0 Å². The van der Waals surface area contributed by atoms with Gasteiger partial charge in [0.2, 0.25) is 0 Å². The van der Waals surface area contributed by atoms with Gasteiger partial charge in [0.15, 0.2) is 0 Å². The topological polar surface area (TPSA) is 48.9 Å². The minimum atomic E-state index is -0.148. The van der Waals surface area contributed by atoms with Crippen molar-refractivity contribution >= 4 is 0 Å². The summed E-state index contributed by atoms with van der Waals surface area (Å²) in [7, 11) is 0. The normalized spacial score (nSPS) is 24.3. The van der Waals surface area contributed by atoms with Crippen molar-refractivity contribution in [2.45, 2.75) is 25.4 Å². The van der Waals surface area contributed by atoms with E-state index in [2.05, 4.69) is 10.2 Å². The number of rotatable bonds is 0. The molecule has 0 saturated heterocycles. The van der Waals surface area contributed by atoms with E-state index in [0.29, 0.717) is 0 Å². The second-order valence-corrected chi connectivity index (χ2v) is 2.77. The average Bonchev–Trinajstić information content (AvgIpc) is 2.33. The number of aliphatic hydroxyl groups excluding tert-OH is 1. The molecule has 0 aliphatic heterocycles. The third-order valence-electron chi connectivity index (χ3n) is 1.99. The molecule has 0 radical (unpaired) electrons. The maximum atomic E-state index is 9.23. The minimum Gasteiger partial charge on any atom is -0.393 e. The Bertz CT molecular complexity index is 231. The maximum absolute atomic E-state index is 9.23. The molecular weight excluding hydrogens is 128 g/mol. The minimum absolute atomic E-state index is 0.148. The number of aromatic nitrogens is 2. The van der Waals surface area contributed by atoms with Gasteiger partial charge in [0.1, 0.15) is 0 Å². The molecule has 1 atom stereocenters. The van der Waals surface area contributed by atoms with Crippen LogP contribution in [-0.4, -0.2) is 21.4 Å². The number of hydrogen-bond donors (Lipinski definition) is 2. The zero-order valence-electron chi connectivity index (χ0n) is 5.67. The molecule has 0 aromatic carbocycles. The summed E-state index contributed by atoms with van der Waals surface area (Å²) in [5, 5.41) is 16.1. The molecule has 2 N–H and O–H groups in total.